The lowest BCUT2D eigenvalue weighted by molar-refractivity contribution is -0.929. The predicted octanol–water partition coefficient (Wildman–Crippen LogP) is 1.90. The summed E-state index contributed by atoms with van der Waals surface area (Å²) < 4.78 is 10.0. The molecule has 2 heterocycles. The van der Waals surface area contributed by atoms with Crippen LogP contribution in [0, 0.1) is 10.7 Å². The average molecular weight is 333 g/mol. The molecule has 0 bridgehead atoms. The summed E-state index contributed by atoms with van der Waals surface area (Å²) in [5.74, 6) is 2.57. The summed E-state index contributed by atoms with van der Waals surface area (Å²) in [7, 11) is 3.66. The molecule has 0 atom stereocenters. The largest absolute Gasteiger partial charge is 0.497 e. The van der Waals surface area contributed by atoms with Crippen molar-refractivity contribution < 1.29 is 9.64 Å². The van der Waals surface area contributed by atoms with Crippen molar-refractivity contribution in [3.8, 4) is 17.1 Å². The molecule has 0 amide bonds. The standard InChI is InChI=1S/C17H24N4OS/c1-13-7-9-20(10-8-13)12-21-17(23)19(2)16(18-21)14-5-4-6-15(11-14)22-3/h4-6,11,13H,7-10,12H2,1-3H3/p+1. The van der Waals surface area contributed by atoms with E-state index in [1.807, 2.05) is 40.6 Å². The highest BCUT2D eigenvalue weighted by molar-refractivity contribution is 7.71. The molecular formula is C17H25N4OS+. The van der Waals surface area contributed by atoms with E-state index in [1.54, 1.807) is 12.0 Å². The first-order chi connectivity index (χ1) is 11.1. The van der Waals surface area contributed by atoms with Crippen LogP contribution in [0.2, 0.25) is 0 Å². The van der Waals surface area contributed by atoms with Gasteiger partial charge in [0.15, 0.2) is 12.5 Å². The topological polar surface area (TPSA) is 36.4 Å². The molecule has 1 aliphatic heterocycles. The monoisotopic (exact) mass is 333 g/mol. The third-order valence-electron chi connectivity index (χ3n) is 4.72. The van der Waals surface area contributed by atoms with E-state index < -0.39 is 0 Å². The smallest absolute Gasteiger partial charge is 0.202 e. The minimum atomic E-state index is 0.772. The van der Waals surface area contributed by atoms with Gasteiger partial charge in [-0.05, 0) is 43.1 Å². The molecule has 0 saturated carbocycles. The summed E-state index contributed by atoms with van der Waals surface area (Å²) in [6.45, 7) is 5.59. The molecule has 0 unspecified atom stereocenters. The molecule has 23 heavy (non-hydrogen) atoms. The highest BCUT2D eigenvalue weighted by Crippen LogP contribution is 2.22. The Morgan fingerprint density at radius 2 is 2.09 bits per heavy atom. The molecule has 0 spiro atoms. The number of aromatic nitrogens is 3. The van der Waals surface area contributed by atoms with Gasteiger partial charge in [-0.25, -0.2) is 0 Å². The summed E-state index contributed by atoms with van der Waals surface area (Å²) in [6.07, 6.45) is 2.58. The number of nitrogens with zero attached hydrogens (tertiary/aromatic N) is 3. The van der Waals surface area contributed by atoms with Gasteiger partial charge >= 0.3 is 0 Å². The Morgan fingerprint density at radius 3 is 2.78 bits per heavy atom. The van der Waals surface area contributed by atoms with Crippen LogP contribution in [0.1, 0.15) is 19.8 Å². The molecule has 0 radical (unpaired) electrons. The summed E-state index contributed by atoms with van der Waals surface area (Å²) in [6, 6.07) is 7.96. The van der Waals surface area contributed by atoms with Crippen molar-refractivity contribution in [3.05, 3.63) is 29.0 Å². The van der Waals surface area contributed by atoms with Crippen LogP contribution in [0.15, 0.2) is 24.3 Å². The number of hydrogen-bond donors (Lipinski definition) is 1. The first kappa shape index (κ1) is 16.2. The van der Waals surface area contributed by atoms with E-state index in [-0.39, 0.29) is 0 Å². The number of nitrogens with one attached hydrogen (secondary N) is 1. The van der Waals surface area contributed by atoms with Crippen molar-refractivity contribution >= 4 is 12.2 Å². The molecule has 1 aromatic heterocycles. The van der Waals surface area contributed by atoms with Crippen molar-refractivity contribution in [1.29, 1.82) is 0 Å². The number of rotatable bonds is 4. The lowest BCUT2D eigenvalue weighted by Crippen LogP contribution is -3.12. The molecule has 1 aliphatic rings. The van der Waals surface area contributed by atoms with Gasteiger partial charge in [-0.2, -0.15) is 4.68 Å². The first-order valence-electron chi connectivity index (χ1n) is 8.20. The van der Waals surface area contributed by atoms with Crippen LogP contribution >= 0.6 is 12.2 Å². The number of ether oxygens (including phenoxy) is 1. The van der Waals surface area contributed by atoms with Crippen molar-refractivity contribution in [1.82, 2.24) is 14.3 Å². The van der Waals surface area contributed by atoms with E-state index in [4.69, 9.17) is 22.1 Å². The maximum Gasteiger partial charge on any atom is 0.202 e. The van der Waals surface area contributed by atoms with Gasteiger partial charge in [0.1, 0.15) is 5.75 Å². The van der Waals surface area contributed by atoms with E-state index in [0.717, 1.165) is 34.5 Å². The van der Waals surface area contributed by atoms with Crippen LogP contribution < -0.4 is 9.64 Å². The van der Waals surface area contributed by atoms with Crippen molar-refractivity contribution in [2.24, 2.45) is 13.0 Å². The highest BCUT2D eigenvalue weighted by Gasteiger charge is 2.20. The zero-order valence-electron chi connectivity index (χ0n) is 14.1. The lowest BCUT2D eigenvalue weighted by atomic mass is 10.00. The number of methoxy groups -OCH3 is 1. The van der Waals surface area contributed by atoms with Gasteiger partial charge in [0.05, 0.1) is 20.2 Å². The second kappa shape index (κ2) is 6.84. The number of benzene rings is 1. The number of piperidine rings is 1. The lowest BCUT2D eigenvalue weighted by Gasteiger charge is -2.26. The Hall–Kier alpha value is -1.66. The van der Waals surface area contributed by atoms with Crippen LogP contribution in [-0.4, -0.2) is 34.5 Å². The number of quaternary nitrogens is 1. The number of hydrogen-bond acceptors (Lipinski definition) is 3. The van der Waals surface area contributed by atoms with Crippen LogP contribution in [0.4, 0.5) is 0 Å². The average Bonchev–Trinajstić information content (AvgIpc) is 2.85. The molecule has 1 fully saturated rings. The predicted molar refractivity (Wildman–Crippen MR) is 93.1 cm³/mol. The molecule has 6 heteroatoms. The normalized spacial score (nSPS) is 21.3. The second-order valence-corrected chi connectivity index (χ2v) is 6.85. The van der Waals surface area contributed by atoms with E-state index in [2.05, 4.69) is 6.92 Å². The van der Waals surface area contributed by atoms with E-state index in [0.29, 0.717) is 0 Å². The van der Waals surface area contributed by atoms with Crippen molar-refractivity contribution in [3.63, 3.8) is 0 Å². The Kier molecular flexibility index (Phi) is 4.82. The Labute approximate surface area is 142 Å². The third-order valence-corrected chi connectivity index (χ3v) is 5.21. The maximum absolute atomic E-state index is 5.59. The minimum Gasteiger partial charge on any atom is -0.497 e. The molecule has 2 aromatic rings. The van der Waals surface area contributed by atoms with Crippen LogP contribution in [-0.2, 0) is 13.7 Å². The zero-order valence-corrected chi connectivity index (χ0v) is 14.9. The number of likely N-dealkylation sites (tertiary alicyclic amines) is 1. The minimum absolute atomic E-state index is 0.772. The Morgan fingerprint density at radius 1 is 1.35 bits per heavy atom. The first-order valence-corrected chi connectivity index (χ1v) is 8.61. The van der Waals surface area contributed by atoms with Crippen molar-refractivity contribution in [2.45, 2.75) is 26.4 Å². The highest BCUT2D eigenvalue weighted by atomic mass is 32.1. The van der Waals surface area contributed by atoms with Gasteiger partial charge in [0, 0.05) is 12.6 Å². The summed E-state index contributed by atoms with van der Waals surface area (Å²) in [4.78, 5) is 1.56. The molecular weight excluding hydrogens is 308 g/mol. The van der Waals surface area contributed by atoms with Gasteiger partial charge in [0.2, 0.25) is 4.77 Å². The van der Waals surface area contributed by atoms with Crippen LogP contribution in [0.25, 0.3) is 11.4 Å². The molecule has 1 saturated heterocycles. The Bertz CT molecular complexity index is 728. The molecule has 0 aliphatic carbocycles. The van der Waals surface area contributed by atoms with Crippen LogP contribution in [0.3, 0.4) is 0 Å². The summed E-state index contributed by atoms with van der Waals surface area (Å²) in [5.41, 5.74) is 1.03. The van der Waals surface area contributed by atoms with Gasteiger partial charge in [-0.1, -0.05) is 19.1 Å². The van der Waals surface area contributed by atoms with Crippen molar-refractivity contribution in [2.75, 3.05) is 20.2 Å². The molecule has 124 valence electrons. The third kappa shape index (κ3) is 3.48. The fourth-order valence-corrected chi connectivity index (χ4v) is 3.34. The van der Waals surface area contributed by atoms with Gasteiger partial charge in [0.25, 0.3) is 0 Å². The fraction of sp³-hybridized carbons (Fsp3) is 0.529. The molecule has 5 nitrogen and oxygen atoms in total. The SMILES string of the molecule is COc1cccc(-c2nn(C[NH+]3CCC(C)CC3)c(=S)n2C)c1. The van der Waals surface area contributed by atoms with Gasteiger partial charge in [-0.15, -0.1) is 5.10 Å². The molecule has 3 rings (SSSR count). The van der Waals surface area contributed by atoms with Gasteiger partial charge < -0.3 is 14.2 Å². The van der Waals surface area contributed by atoms with E-state index in [9.17, 15) is 0 Å². The quantitative estimate of drug-likeness (QED) is 0.868. The second-order valence-electron chi connectivity index (χ2n) is 6.49. The van der Waals surface area contributed by atoms with Gasteiger partial charge in [-0.3, -0.25) is 0 Å². The van der Waals surface area contributed by atoms with E-state index in [1.165, 1.54) is 25.9 Å². The van der Waals surface area contributed by atoms with E-state index >= 15 is 0 Å². The summed E-state index contributed by atoms with van der Waals surface area (Å²) >= 11 is 5.59. The zero-order chi connectivity index (χ0) is 16.4. The van der Waals surface area contributed by atoms with Crippen LogP contribution in [0.5, 0.6) is 5.75 Å². The Balaban J connectivity index is 1.85. The molecule has 1 N–H and O–H groups in total. The summed E-state index contributed by atoms with van der Waals surface area (Å²) in [5, 5.41) is 4.77. The fourth-order valence-electron chi connectivity index (χ4n) is 3.14. The molecule has 1 aromatic carbocycles. The maximum atomic E-state index is 5.59.